The molecule has 0 saturated heterocycles. The number of aromatic hydroxyl groups is 1. The number of pyridine rings is 1. The Labute approximate surface area is 158 Å². The lowest BCUT2D eigenvalue weighted by atomic mass is 10.0. The van der Waals surface area contributed by atoms with Crippen molar-refractivity contribution in [2.24, 2.45) is 0 Å². The van der Waals surface area contributed by atoms with Crippen molar-refractivity contribution < 1.29 is 33.3 Å². The maximum atomic E-state index is 14.2. The molecule has 0 aliphatic carbocycles. The number of phenolic OH excluding ortho intramolecular Hbond substituents is 1. The zero-order chi connectivity index (χ0) is 19.6. The number of ether oxygens (including phenoxy) is 2. The van der Waals surface area contributed by atoms with Gasteiger partial charge in [0.2, 0.25) is 5.82 Å². The number of rotatable bonds is 6. The topological polar surface area (TPSA) is 109 Å². The van der Waals surface area contributed by atoms with Gasteiger partial charge in [-0.05, 0) is 23.6 Å². The molecule has 0 spiro atoms. The maximum absolute atomic E-state index is 14.2. The summed E-state index contributed by atoms with van der Waals surface area (Å²) < 4.78 is 35.0. The van der Waals surface area contributed by atoms with Gasteiger partial charge < -0.3 is 24.4 Å². The molecule has 0 atom stereocenters. The summed E-state index contributed by atoms with van der Waals surface area (Å²) in [5, 5.41) is 9.02. The van der Waals surface area contributed by atoms with Gasteiger partial charge in [0.1, 0.15) is 5.02 Å². The van der Waals surface area contributed by atoms with E-state index in [2.05, 4.69) is 9.72 Å². The van der Waals surface area contributed by atoms with Crippen LogP contribution in [0.25, 0.3) is 0 Å². The van der Waals surface area contributed by atoms with Crippen molar-refractivity contribution in [2.45, 2.75) is 19.8 Å². The summed E-state index contributed by atoms with van der Waals surface area (Å²) in [5.41, 5.74) is 0.859. The molecule has 26 heavy (non-hydrogen) atoms. The molecule has 0 aliphatic heterocycles. The van der Waals surface area contributed by atoms with Gasteiger partial charge in [-0.25, -0.2) is 0 Å². The van der Waals surface area contributed by atoms with Gasteiger partial charge >= 0.3 is 7.60 Å². The average molecular weight is 426 g/mol. The van der Waals surface area contributed by atoms with Gasteiger partial charge in [0.05, 0.1) is 0 Å². The van der Waals surface area contributed by atoms with Crippen LogP contribution in [0.3, 0.4) is 0 Å². The first-order valence-corrected chi connectivity index (χ1v) is 9.77. The van der Waals surface area contributed by atoms with Crippen molar-refractivity contribution in [2.75, 3.05) is 6.35 Å². The van der Waals surface area contributed by atoms with Gasteiger partial charge in [0.25, 0.3) is 5.88 Å². The SMILES string of the molecule is CC(C)c1ccc(Oc2c(Cl)nc(OCP(=O)(O)O)c(F)c2Cl)c(O)c1. The quantitative estimate of drug-likeness (QED) is 0.455. The van der Waals surface area contributed by atoms with E-state index in [0.717, 1.165) is 5.56 Å². The first-order valence-electron chi connectivity index (χ1n) is 7.22. The molecule has 0 radical (unpaired) electrons. The molecule has 1 heterocycles. The normalized spacial score (nSPS) is 11.7. The number of hydrogen-bond acceptors (Lipinski definition) is 5. The first-order chi connectivity index (χ1) is 12.0. The Morgan fingerprint density at radius 1 is 1.31 bits per heavy atom. The first kappa shape index (κ1) is 20.7. The van der Waals surface area contributed by atoms with Gasteiger partial charge in [0.15, 0.2) is 28.7 Å². The van der Waals surface area contributed by atoms with E-state index in [9.17, 15) is 14.1 Å². The highest BCUT2D eigenvalue weighted by atomic mass is 35.5. The lowest BCUT2D eigenvalue weighted by Gasteiger charge is -2.14. The molecule has 1 aromatic heterocycles. The smallest absolute Gasteiger partial charge is 0.362 e. The number of nitrogens with zero attached hydrogens (tertiary/aromatic N) is 1. The fourth-order valence-corrected chi connectivity index (χ4v) is 2.65. The molecule has 11 heteroatoms. The molecule has 0 aliphatic rings. The number of hydrogen-bond donors (Lipinski definition) is 3. The monoisotopic (exact) mass is 425 g/mol. The van der Waals surface area contributed by atoms with E-state index in [4.69, 9.17) is 37.7 Å². The molecule has 0 bridgehead atoms. The summed E-state index contributed by atoms with van der Waals surface area (Å²) in [6.07, 6.45) is -1.10. The largest absolute Gasteiger partial charge is 0.504 e. The Kier molecular flexibility index (Phi) is 6.37. The van der Waals surface area contributed by atoms with Crippen LogP contribution in [-0.2, 0) is 4.57 Å². The van der Waals surface area contributed by atoms with Crippen molar-refractivity contribution in [3.05, 3.63) is 39.8 Å². The van der Waals surface area contributed by atoms with Crippen molar-refractivity contribution in [1.82, 2.24) is 4.98 Å². The number of benzene rings is 1. The second-order valence-electron chi connectivity index (χ2n) is 5.59. The molecule has 142 valence electrons. The van der Waals surface area contributed by atoms with E-state index in [1.165, 1.54) is 12.1 Å². The number of phenols is 1. The van der Waals surface area contributed by atoms with Gasteiger partial charge in [-0.2, -0.15) is 9.37 Å². The predicted octanol–water partition coefficient (Wildman–Crippen LogP) is 4.66. The fourth-order valence-electron chi connectivity index (χ4n) is 1.89. The van der Waals surface area contributed by atoms with Crippen LogP contribution in [0.4, 0.5) is 4.39 Å². The van der Waals surface area contributed by atoms with E-state index < -0.39 is 35.8 Å². The Morgan fingerprint density at radius 3 is 2.50 bits per heavy atom. The third-order valence-electron chi connectivity index (χ3n) is 3.20. The Bertz CT molecular complexity index is 874. The third kappa shape index (κ3) is 4.99. The van der Waals surface area contributed by atoms with Crippen molar-refractivity contribution in [3.8, 4) is 23.1 Å². The van der Waals surface area contributed by atoms with Crippen molar-refractivity contribution in [1.29, 1.82) is 0 Å². The highest BCUT2D eigenvalue weighted by Gasteiger charge is 2.24. The second kappa shape index (κ2) is 7.98. The van der Waals surface area contributed by atoms with Crippen LogP contribution >= 0.6 is 30.8 Å². The molecule has 0 fully saturated rings. The Balaban J connectivity index is 2.33. The summed E-state index contributed by atoms with van der Waals surface area (Å²) in [6, 6.07) is 4.67. The number of halogens is 3. The summed E-state index contributed by atoms with van der Waals surface area (Å²) in [7, 11) is -4.55. The van der Waals surface area contributed by atoms with Crippen LogP contribution < -0.4 is 9.47 Å². The molecule has 0 amide bonds. The molecular weight excluding hydrogens is 411 g/mol. The molecule has 0 saturated carbocycles. The van der Waals surface area contributed by atoms with Crippen LogP contribution in [0, 0.1) is 5.82 Å². The van der Waals surface area contributed by atoms with Gasteiger partial charge in [-0.3, -0.25) is 4.57 Å². The van der Waals surface area contributed by atoms with E-state index >= 15 is 0 Å². The lowest BCUT2D eigenvalue weighted by molar-refractivity contribution is 0.283. The molecule has 2 aromatic rings. The van der Waals surface area contributed by atoms with E-state index in [-0.39, 0.29) is 23.2 Å². The van der Waals surface area contributed by atoms with Crippen molar-refractivity contribution in [3.63, 3.8) is 0 Å². The standard InChI is InChI=1S/C15H15Cl2FNO6P/c1-7(2)8-3-4-10(9(20)5-8)25-13-11(16)12(18)15(19-14(13)17)24-6-26(21,22)23/h3-5,7,20H,6H2,1-2H3,(H2,21,22,23). The predicted molar refractivity (Wildman–Crippen MR) is 94.0 cm³/mol. The van der Waals surface area contributed by atoms with Crippen LogP contribution in [0.1, 0.15) is 25.3 Å². The minimum absolute atomic E-state index is 0.0247. The van der Waals surface area contributed by atoms with E-state index in [1.807, 2.05) is 13.8 Å². The molecule has 0 unspecified atom stereocenters. The Morgan fingerprint density at radius 2 is 1.96 bits per heavy atom. The molecule has 7 nitrogen and oxygen atoms in total. The zero-order valence-corrected chi connectivity index (χ0v) is 16.0. The van der Waals surface area contributed by atoms with Gasteiger partial charge in [0, 0.05) is 0 Å². The van der Waals surface area contributed by atoms with Crippen LogP contribution in [0.5, 0.6) is 23.1 Å². The minimum Gasteiger partial charge on any atom is -0.504 e. The maximum Gasteiger partial charge on any atom is 0.362 e. The molecular formula is C15H15Cl2FNO6P. The van der Waals surface area contributed by atoms with E-state index in [1.54, 1.807) is 6.07 Å². The van der Waals surface area contributed by atoms with Gasteiger partial charge in [-0.1, -0.05) is 43.1 Å². The molecule has 2 rings (SSSR count). The minimum atomic E-state index is -4.55. The zero-order valence-electron chi connectivity index (χ0n) is 13.6. The average Bonchev–Trinajstić information content (AvgIpc) is 2.53. The molecule has 3 N–H and O–H groups in total. The number of aromatic nitrogens is 1. The summed E-state index contributed by atoms with van der Waals surface area (Å²) in [6.45, 7) is 3.89. The summed E-state index contributed by atoms with van der Waals surface area (Å²) in [4.78, 5) is 21.1. The second-order valence-corrected chi connectivity index (χ2v) is 7.91. The lowest BCUT2D eigenvalue weighted by Crippen LogP contribution is -2.04. The highest BCUT2D eigenvalue weighted by molar-refractivity contribution is 7.51. The fraction of sp³-hybridized carbons (Fsp3) is 0.267. The van der Waals surface area contributed by atoms with Gasteiger partial charge in [-0.15, -0.1) is 0 Å². The summed E-state index contributed by atoms with van der Waals surface area (Å²) >= 11 is 11.8. The third-order valence-corrected chi connectivity index (χ3v) is 4.26. The molecule has 1 aromatic carbocycles. The Hall–Kier alpha value is -1.57. The summed E-state index contributed by atoms with van der Waals surface area (Å²) in [5.74, 6) is -2.42. The highest BCUT2D eigenvalue weighted by Crippen LogP contribution is 2.43. The van der Waals surface area contributed by atoms with Crippen LogP contribution in [0.15, 0.2) is 18.2 Å². The van der Waals surface area contributed by atoms with Crippen LogP contribution in [-0.4, -0.2) is 26.2 Å². The van der Waals surface area contributed by atoms with Crippen LogP contribution in [0.2, 0.25) is 10.2 Å². The van der Waals surface area contributed by atoms with E-state index in [0.29, 0.717) is 0 Å². The van der Waals surface area contributed by atoms with Crippen molar-refractivity contribution >= 4 is 30.8 Å².